The lowest BCUT2D eigenvalue weighted by molar-refractivity contribution is -0.245. The van der Waals surface area contributed by atoms with Crippen LogP contribution in [0.4, 0.5) is 0 Å². The second-order valence-electron chi connectivity index (χ2n) is 16.2. The van der Waals surface area contributed by atoms with Crippen molar-refractivity contribution in [2.24, 2.45) is 56.2 Å². The first-order valence-corrected chi connectivity index (χ1v) is 15.4. The molecule has 1 N–H and O–H groups in total. The number of esters is 1. The van der Waals surface area contributed by atoms with Crippen LogP contribution < -0.4 is 0 Å². The van der Waals surface area contributed by atoms with Gasteiger partial charge in [0.05, 0.1) is 5.41 Å². The number of aliphatic carboxylic acids is 1. The molecule has 0 aromatic heterocycles. The van der Waals surface area contributed by atoms with Crippen LogP contribution in [-0.2, 0) is 19.1 Å². The number of carbonyl (C=O) groups is 3. The van der Waals surface area contributed by atoms with E-state index in [0.29, 0.717) is 31.0 Å². The first kappa shape index (κ1) is 28.1. The van der Waals surface area contributed by atoms with Gasteiger partial charge in [-0.05, 0) is 104 Å². The summed E-state index contributed by atoms with van der Waals surface area (Å²) >= 11 is 0. The van der Waals surface area contributed by atoms with Crippen LogP contribution in [0, 0.1) is 56.2 Å². The molecule has 5 aliphatic rings. The van der Waals surface area contributed by atoms with E-state index in [1.54, 1.807) is 0 Å². The number of rotatable bonds is 3. The summed E-state index contributed by atoms with van der Waals surface area (Å²) in [6.45, 7) is 18.0. The summed E-state index contributed by atoms with van der Waals surface area (Å²) in [6, 6.07) is 0. The van der Waals surface area contributed by atoms with Crippen LogP contribution in [0.3, 0.4) is 0 Å². The van der Waals surface area contributed by atoms with Crippen molar-refractivity contribution in [2.45, 2.75) is 132 Å². The molecule has 0 bridgehead atoms. The third-order valence-corrected chi connectivity index (χ3v) is 14.2. The number of carboxylic acids is 1. The summed E-state index contributed by atoms with van der Waals surface area (Å²) in [7, 11) is 0. The second-order valence-corrected chi connectivity index (χ2v) is 16.2. The highest BCUT2D eigenvalue weighted by Crippen LogP contribution is 2.76. The van der Waals surface area contributed by atoms with E-state index in [-0.39, 0.29) is 56.9 Å². The lowest BCUT2D eigenvalue weighted by Crippen LogP contribution is -2.69. The highest BCUT2D eigenvalue weighted by atomic mass is 16.5. The van der Waals surface area contributed by atoms with Crippen LogP contribution in [0.25, 0.3) is 0 Å². The Balaban J connectivity index is 1.51. The molecule has 0 amide bonds. The summed E-state index contributed by atoms with van der Waals surface area (Å²) in [4.78, 5) is 39.1. The molecule has 5 nitrogen and oxygen atoms in total. The minimum atomic E-state index is -0.689. The Hall–Kier alpha value is -1.39. The van der Waals surface area contributed by atoms with Gasteiger partial charge in [-0.2, -0.15) is 0 Å². The number of Topliss-reactive ketones (excluding diaryl/α,β-unsaturated/α-hetero) is 1. The smallest absolute Gasteiger partial charge is 0.309 e. The molecular formula is C33H52O5. The minimum Gasteiger partial charge on any atom is -0.481 e. The lowest BCUT2D eigenvalue weighted by atomic mass is 9.31. The first-order chi connectivity index (χ1) is 17.5. The maximum absolute atomic E-state index is 14.5. The molecule has 0 radical (unpaired) electrons. The topological polar surface area (TPSA) is 80.7 Å². The van der Waals surface area contributed by atoms with E-state index in [0.717, 1.165) is 51.4 Å². The molecule has 0 unspecified atom stereocenters. The van der Waals surface area contributed by atoms with Crippen LogP contribution in [-0.4, -0.2) is 28.9 Å². The number of ether oxygens (including phenoxy) is 1. The average molecular weight is 529 g/mol. The van der Waals surface area contributed by atoms with E-state index in [1.807, 2.05) is 13.8 Å². The Kier molecular flexibility index (Phi) is 6.34. The lowest BCUT2D eigenvalue weighted by Gasteiger charge is -2.72. The zero-order valence-electron chi connectivity index (χ0n) is 25.2. The van der Waals surface area contributed by atoms with Crippen molar-refractivity contribution in [3.8, 4) is 0 Å². The third-order valence-electron chi connectivity index (χ3n) is 14.2. The van der Waals surface area contributed by atoms with Crippen molar-refractivity contribution in [2.75, 3.05) is 0 Å². The van der Waals surface area contributed by atoms with Gasteiger partial charge in [0.2, 0.25) is 0 Å². The van der Waals surface area contributed by atoms with Crippen molar-refractivity contribution in [3.63, 3.8) is 0 Å². The summed E-state index contributed by atoms with van der Waals surface area (Å²) in [6.07, 6.45) is 9.39. The Morgan fingerprint density at radius 3 is 2.16 bits per heavy atom. The fraction of sp³-hybridized carbons (Fsp3) is 0.909. The van der Waals surface area contributed by atoms with E-state index in [9.17, 15) is 19.5 Å². The van der Waals surface area contributed by atoms with Crippen molar-refractivity contribution < 1.29 is 24.2 Å². The van der Waals surface area contributed by atoms with Gasteiger partial charge in [0, 0.05) is 24.2 Å². The number of hydrogen-bond acceptors (Lipinski definition) is 4. The van der Waals surface area contributed by atoms with Crippen molar-refractivity contribution in [1.29, 1.82) is 0 Å². The van der Waals surface area contributed by atoms with Crippen LogP contribution in [0.15, 0.2) is 0 Å². The van der Waals surface area contributed by atoms with E-state index in [1.165, 1.54) is 0 Å². The number of carboxylic acid groups (broad SMARTS) is 1. The van der Waals surface area contributed by atoms with Gasteiger partial charge in [-0.15, -0.1) is 0 Å². The van der Waals surface area contributed by atoms with E-state index in [4.69, 9.17) is 4.74 Å². The molecule has 5 rings (SSSR count). The van der Waals surface area contributed by atoms with Crippen molar-refractivity contribution in [3.05, 3.63) is 0 Å². The van der Waals surface area contributed by atoms with Crippen molar-refractivity contribution >= 4 is 17.7 Å². The monoisotopic (exact) mass is 528 g/mol. The Bertz CT molecular complexity index is 1030. The molecule has 214 valence electrons. The highest BCUT2D eigenvalue weighted by Gasteiger charge is 2.72. The number of hydrogen-bond donors (Lipinski definition) is 1. The molecule has 5 heteroatoms. The van der Waals surface area contributed by atoms with Gasteiger partial charge in [-0.3, -0.25) is 14.4 Å². The Labute approximate surface area is 230 Å². The molecular weight excluding hydrogens is 476 g/mol. The van der Waals surface area contributed by atoms with Gasteiger partial charge >= 0.3 is 11.9 Å². The number of fused-ring (bicyclic) bond motifs is 7. The van der Waals surface area contributed by atoms with E-state index >= 15 is 0 Å². The fourth-order valence-corrected chi connectivity index (χ4v) is 11.5. The van der Waals surface area contributed by atoms with E-state index in [2.05, 4.69) is 41.5 Å². The molecule has 38 heavy (non-hydrogen) atoms. The molecule has 0 heterocycles. The third kappa shape index (κ3) is 3.57. The average Bonchev–Trinajstić information content (AvgIpc) is 2.83. The minimum absolute atomic E-state index is 0.0101. The molecule has 10 atom stereocenters. The number of carbonyl (C=O) groups excluding carboxylic acids is 2. The van der Waals surface area contributed by atoms with Gasteiger partial charge in [0.15, 0.2) is 0 Å². The van der Waals surface area contributed by atoms with Crippen LogP contribution >= 0.6 is 0 Å². The molecule has 0 aliphatic heterocycles. The van der Waals surface area contributed by atoms with Gasteiger partial charge < -0.3 is 9.84 Å². The molecule has 5 fully saturated rings. The standard InChI is InChI=1S/C33H52O5/c1-9-25(35)38-24-11-12-31(6)23(28(24,2)3)10-13-33(8)26(31)22(34)18-20-21-19-30(5,27(36)37)15-14-29(21,4)16-17-32(20,33)7/h20-21,23-24,26H,9-19H2,1-8H3,(H,36,37)/t20-,21-,23-,24-,26+,29+,30-,31-,32+,33+/m0/s1. The fourth-order valence-electron chi connectivity index (χ4n) is 11.5. The zero-order valence-corrected chi connectivity index (χ0v) is 25.2. The SMILES string of the molecule is CCC(=O)O[C@H]1CC[C@]2(C)[C@H]3C(=O)C[C@H]4[C@@H]5C[C@@](C)(C(=O)O)CC[C@]5(C)CC[C@@]4(C)[C@]3(C)CC[C@H]2C1(C)C. The molecule has 5 saturated carbocycles. The molecule has 0 saturated heterocycles. The largest absolute Gasteiger partial charge is 0.481 e. The van der Waals surface area contributed by atoms with Crippen LogP contribution in [0.5, 0.6) is 0 Å². The summed E-state index contributed by atoms with van der Waals surface area (Å²) in [5.41, 5.74) is -0.914. The van der Waals surface area contributed by atoms with E-state index < -0.39 is 11.4 Å². The highest BCUT2D eigenvalue weighted by molar-refractivity contribution is 5.85. The predicted molar refractivity (Wildman–Crippen MR) is 147 cm³/mol. The molecule has 0 aromatic rings. The summed E-state index contributed by atoms with van der Waals surface area (Å²) < 4.78 is 5.98. The predicted octanol–water partition coefficient (Wildman–Crippen LogP) is 7.45. The first-order valence-electron chi connectivity index (χ1n) is 15.4. The number of ketones is 1. The molecule has 0 spiro atoms. The van der Waals surface area contributed by atoms with Gasteiger partial charge in [-0.1, -0.05) is 48.5 Å². The van der Waals surface area contributed by atoms with Crippen LogP contribution in [0.2, 0.25) is 0 Å². The van der Waals surface area contributed by atoms with Crippen molar-refractivity contribution in [1.82, 2.24) is 0 Å². The summed E-state index contributed by atoms with van der Waals surface area (Å²) in [5, 5.41) is 10.1. The van der Waals surface area contributed by atoms with Gasteiger partial charge in [-0.25, -0.2) is 0 Å². The second kappa shape index (κ2) is 8.56. The Morgan fingerprint density at radius 1 is 0.868 bits per heavy atom. The van der Waals surface area contributed by atoms with Gasteiger partial charge in [0.25, 0.3) is 0 Å². The summed E-state index contributed by atoms with van der Waals surface area (Å²) in [5.74, 6) is 0.508. The normalized spacial score (nSPS) is 51.6. The van der Waals surface area contributed by atoms with Crippen LogP contribution in [0.1, 0.15) is 126 Å². The molecule has 5 aliphatic carbocycles. The van der Waals surface area contributed by atoms with Gasteiger partial charge in [0.1, 0.15) is 11.9 Å². The maximum Gasteiger partial charge on any atom is 0.309 e. The maximum atomic E-state index is 14.5. The Morgan fingerprint density at radius 2 is 1.53 bits per heavy atom. The zero-order chi connectivity index (χ0) is 28.1. The quantitative estimate of drug-likeness (QED) is 0.385. The molecule has 0 aromatic carbocycles.